The summed E-state index contributed by atoms with van der Waals surface area (Å²) in [6, 6.07) is 3.53. The molecule has 1 saturated heterocycles. The van der Waals surface area contributed by atoms with Crippen LogP contribution in [0.1, 0.15) is 22.3 Å². The first kappa shape index (κ1) is 17.3. The van der Waals surface area contributed by atoms with Gasteiger partial charge in [-0.25, -0.2) is 13.2 Å². The van der Waals surface area contributed by atoms with Gasteiger partial charge in [-0.1, -0.05) is 6.07 Å². The third-order valence-electron chi connectivity index (χ3n) is 3.13. The van der Waals surface area contributed by atoms with Crippen molar-refractivity contribution < 1.29 is 35.9 Å². The maximum atomic E-state index is 12.6. The van der Waals surface area contributed by atoms with E-state index >= 15 is 0 Å². The second-order valence-corrected chi connectivity index (χ2v) is 7.19. The first-order valence-corrected chi connectivity index (χ1v) is 8.28. The summed E-state index contributed by atoms with van der Waals surface area (Å²) >= 11 is 0. The summed E-state index contributed by atoms with van der Waals surface area (Å²) in [6.45, 7) is 0. The average Bonchev–Trinajstić information content (AvgIpc) is 2.76. The van der Waals surface area contributed by atoms with Crippen molar-refractivity contribution in [2.75, 3.05) is 11.5 Å². The number of carbonyl (C=O) groups excluding carboxylic acids is 2. The quantitative estimate of drug-likeness (QED) is 0.877. The molecule has 0 bridgehead atoms. The lowest BCUT2D eigenvalue weighted by Crippen LogP contribution is -2.34. The van der Waals surface area contributed by atoms with Crippen molar-refractivity contribution in [3.05, 3.63) is 35.4 Å². The van der Waals surface area contributed by atoms with Gasteiger partial charge in [-0.2, -0.15) is 13.2 Å². The van der Waals surface area contributed by atoms with Crippen LogP contribution in [0.3, 0.4) is 0 Å². The summed E-state index contributed by atoms with van der Waals surface area (Å²) in [7, 11) is -3.26. The lowest BCUT2D eigenvalue weighted by molar-refractivity contribution is -0.137. The molecular formula is C13H12F3NO5S. The molecule has 1 aromatic rings. The Hall–Kier alpha value is -2.10. The molecule has 2 amide bonds. The molecule has 1 fully saturated rings. The van der Waals surface area contributed by atoms with Crippen LogP contribution in [0, 0.1) is 0 Å². The summed E-state index contributed by atoms with van der Waals surface area (Å²) < 4.78 is 64.9. The van der Waals surface area contributed by atoms with E-state index in [1.165, 1.54) is 0 Å². The van der Waals surface area contributed by atoms with Gasteiger partial charge in [-0.15, -0.1) is 0 Å². The summed E-state index contributed by atoms with van der Waals surface area (Å²) in [5.41, 5.74) is -1.39. The zero-order chi connectivity index (χ0) is 17.3. The van der Waals surface area contributed by atoms with Gasteiger partial charge in [-0.05, 0) is 24.6 Å². The molecule has 6 nitrogen and oxygen atoms in total. The Morgan fingerprint density at radius 3 is 2.52 bits per heavy atom. The number of nitrogens with one attached hydrogen (secondary N) is 1. The van der Waals surface area contributed by atoms with Crippen LogP contribution < -0.4 is 5.32 Å². The number of carbonyl (C=O) groups is 2. The maximum absolute atomic E-state index is 12.6. The molecule has 1 aromatic carbocycles. The van der Waals surface area contributed by atoms with E-state index in [-0.39, 0.29) is 23.5 Å². The van der Waals surface area contributed by atoms with Crippen LogP contribution in [0.15, 0.2) is 24.3 Å². The van der Waals surface area contributed by atoms with Crippen molar-refractivity contribution in [2.45, 2.75) is 18.7 Å². The molecule has 1 N–H and O–H groups in total. The van der Waals surface area contributed by atoms with Crippen molar-refractivity contribution in [1.82, 2.24) is 5.32 Å². The van der Waals surface area contributed by atoms with E-state index < -0.39 is 39.7 Å². The number of sulfone groups is 1. The molecule has 1 aliphatic rings. The van der Waals surface area contributed by atoms with E-state index in [2.05, 4.69) is 0 Å². The molecule has 1 heterocycles. The van der Waals surface area contributed by atoms with Crippen LogP contribution in [0.4, 0.5) is 18.0 Å². The number of rotatable bonds is 2. The molecule has 10 heteroatoms. The van der Waals surface area contributed by atoms with Gasteiger partial charge in [0, 0.05) is 5.56 Å². The highest BCUT2D eigenvalue weighted by atomic mass is 32.2. The number of benzene rings is 1. The topological polar surface area (TPSA) is 89.5 Å². The number of amides is 2. The molecule has 1 atom stereocenters. The molecule has 0 radical (unpaired) electrons. The second kappa shape index (κ2) is 6.19. The van der Waals surface area contributed by atoms with E-state index in [0.29, 0.717) is 6.07 Å². The first-order valence-electron chi connectivity index (χ1n) is 6.46. The standard InChI is InChI=1S/C13H12F3NO5S/c14-13(15,16)9-3-1-2-8(6-9)11(18)17-12(19)22-10-4-5-23(20,21)7-10/h1-3,6,10H,4-5,7H2,(H,17,18,19). The van der Waals surface area contributed by atoms with Crippen LogP contribution in [0.25, 0.3) is 0 Å². The van der Waals surface area contributed by atoms with Gasteiger partial charge in [0.2, 0.25) is 0 Å². The molecule has 1 aliphatic heterocycles. The second-order valence-electron chi connectivity index (χ2n) is 4.96. The molecule has 0 spiro atoms. The van der Waals surface area contributed by atoms with Crippen LogP contribution in [0.2, 0.25) is 0 Å². The zero-order valence-electron chi connectivity index (χ0n) is 11.6. The number of hydrogen-bond donors (Lipinski definition) is 1. The molecule has 2 rings (SSSR count). The molecule has 0 aromatic heterocycles. The highest BCUT2D eigenvalue weighted by Crippen LogP contribution is 2.29. The van der Waals surface area contributed by atoms with E-state index in [1.54, 1.807) is 5.32 Å². The number of alkyl halides is 3. The third-order valence-corrected chi connectivity index (χ3v) is 4.87. The fourth-order valence-corrected chi connectivity index (χ4v) is 3.63. The molecule has 126 valence electrons. The largest absolute Gasteiger partial charge is 0.445 e. The Morgan fingerprint density at radius 2 is 1.96 bits per heavy atom. The van der Waals surface area contributed by atoms with Gasteiger partial charge in [-0.3, -0.25) is 10.1 Å². The number of halogens is 3. The summed E-state index contributed by atoms with van der Waals surface area (Å²) in [5.74, 6) is -1.52. The molecule has 0 saturated carbocycles. The van der Waals surface area contributed by atoms with E-state index in [0.717, 1.165) is 18.2 Å². The van der Waals surface area contributed by atoms with Crippen molar-refractivity contribution in [3.8, 4) is 0 Å². The van der Waals surface area contributed by atoms with Crippen LogP contribution in [0.5, 0.6) is 0 Å². The third kappa shape index (κ3) is 4.68. The van der Waals surface area contributed by atoms with Crippen molar-refractivity contribution in [1.29, 1.82) is 0 Å². The fraction of sp³-hybridized carbons (Fsp3) is 0.385. The minimum Gasteiger partial charge on any atom is -0.445 e. The molecule has 1 unspecified atom stereocenters. The SMILES string of the molecule is O=C(NC(=O)c1cccc(C(F)(F)F)c1)OC1CCS(=O)(=O)C1. The van der Waals surface area contributed by atoms with E-state index in [1.807, 2.05) is 0 Å². The Bertz CT molecular complexity index is 729. The predicted octanol–water partition coefficient (Wildman–Crippen LogP) is 1.76. The highest BCUT2D eigenvalue weighted by Gasteiger charge is 2.32. The van der Waals surface area contributed by atoms with Crippen LogP contribution >= 0.6 is 0 Å². The highest BCUT2D eigenvalue weighted by molar-refractivity contribution is 7.91. The summed E-state index contributed by atoms with van der Waals surface area (Å²) in [5, 5.41) is 1.77. The van der Waals surface area contributed by atoms with Gasteiger partial charge in [0.1, 0.15) is 6.10 Å². The predicted molar refractivity (Wildman–Crippen MR) is 72.5 cm³/mol. The lowest BCUT2D eigenvalue weighted by Gasteiger charge is -2.11. The normalized spacial score (nSPS) is 20.0. The molecular weight excluding hydrogens is 339 g/mol. The van der Waals surface area contributed by atoms with Crippen molar-refractivity contribution in [3.63, 3.8) is 0 Å². The van der Waals surface area contributed by atoms with E-state index in [4.69, 9.17) is 4.74 Å². The smallest absolute Gasteiger partial charge is 0.416 e. The number of ether oxygens (including phenoxy) is 1. The fourth-order valence-electron chi connectivity index (χ4n) is 2.04. The Balaban J connectivity index is 1.98. The summed E-state index contributed by atoms with van der Waals surface area (Å²) in [6.07, 6.45) is -6.56. The van der Waals surface area contributed by atoms with Crippen LogP contribution in [-0.2, 0) is 20.8 Å². The summed E-state index contributed by atoms with van der Waals surface area (Å²) in [4.78, 5) is 23.2. The van der Waals surface area contributed by atoms with Gasteiger partial charge >= 0.3 is 12.3 Å². The average molecular weight is 351 g/mol. The minimum absolute atomic E-state index is 0.119. The zero-order valence-corrected chi connectivity index (χ0v) is 12.4. The van der Waals surface area contributed by atoms with Crippen molar-refractivity contribution in [2.24, 2.45) is 0 Å². The van der Waals surface area contributed by atoms with Gasteiger partial charge in [0.05, 0.1) is 17.1 Å². The monoisotopic (exact) mass is 351 g/mol. The first-order chi connectivity index (χ1) is 10.6. The van der Waals surface area contributed by atoms with Gasteiger partial charge < -0.3 is 4.74 Å². The van der Waals surface area contributed by atoms with Gasteiger partial charge in [0.15, 0.2) is 9.84 Å². The Morgan fingerprint density at radius 1 is 1.26 bits per heavy atom. The lowest BCUT2D eigenvalue weighted by atomic mass is 10.1. The van der Waals surface area contributed by atoms with Gasteiger partial charge in [0.25, 0.3) is 5.91 Å². The van der Waals surface area contributed by atoms with E-state index in [9.17, 15) is 31.2 Å². The molecule has 0 aliphatic carbocycles. The Labute approximate surface area is 129 Å². The molecule has 23 heavy (non-hydrogen) atoms. The number of imide groups is 1. The number of hydrogen-bond acceptors (Lipinski definition) is 5. The van der Waals surface area contributed by atoms with Crippen molar-refractivity contribution >= 4 is 21.8 Å². The minimum atomic E-state index is -4.62. The Kier molecular flexibility index (Phi) is 4.64. The van der Waals surface area contributed by atoms with Crippen LogP contribution in [-0.4, -0.2) is 38.0 Å². The number of alkyl carbamates (subject to hydrolysis) is 1. The maximum Gasteiger partial charge on any atom is 0.416 e.